The molecule has 6 heteroatoms. The Kier molecular flexibility index (Phi) is 5.71. The van der Waals surface area contributed by atoms with Gasteiger partial charge in [0, 0.05) is 49.1 Å². The highest BCUT2D eigenvalue weighted by Gasteiger charge is 2.22. The first-order valence-electron chi connectivity index (χ1n) is 11.2. The number of ether oxygens (including phenoxy) is 1. The van der Waals surface area contributed by atoms with Gasteiger partial charge in [-0.3, -0.25) is 4.79 Å². The van der Waals surface area contributed by atoms with Crippen LogP contribution in [0.5, 0.6) is 0 Å². The average molecular weight is 417 g/mol. The molecule has 0 aliphatic carbocycles. The molecule has 160 valence electrons. The van der Waals surface area contributed by atoms with Crippen LogP contribution in [0.3, 0.4) is 0 Å². The van der Waals surface area contributed by atoms with Gasteiger partial charge in [-0.1, -0.05) is 18.2 Å². The third-order valence-electron chi connectivity index (χ3n) is 6.09. The predicted octanol–water partition coefficient (Wildman–Crippen LogP) is 4.68. The number of nitrogens with zero attached hydrogens (tertiary/aromatic N) is 2. The standard InChI is InChI=1S/C25H28N4O2/c30-25(27-20-9-7-19(8-10-20)26-21-11-15-31-16-12-21)22-17-18-5-1-2-6-23(18)28-24(22)29-13-3-4-14-29/h1-2,5-10,17,21,26H,3-4,11-16H2,(H,27,30). The minimum atomic E-state index is -0.120. The lowest BCUT2D eigenvalue weighted by atomic mass is 10.1. The van der Waals surface area contributed by atoms with Crippen LogP contribution in [0.4, 0.5) is 17.2 Å². The summed E-state index contributed by atoms with van der Waals surface area (Å²) in [7, 11) is 0. The highest BCUT2D eigenvalue weighted by atomic mass is 16.5. The molecule has 1 amide bonds. The third-order valence-corrected chi connectivity index (χ3v) is 6.09. The zero-order valence-electron chi connectivity index (χ0n) is 17.6. The Morgan fingerprint density at radius 3 is 2.45 bits per heavy atom. The van der Waals surface area contributed by atoms with E-state index in [0.29, 0.717) is 11.6 Å². The van der Waals surface area contributed by atoms with Crippen molar-refractivity contribution < 1.29 is 9.53 Å². The normalized spacial score (nSPS) is 17.1. The Morgan fingerprint density at radius 1 is 0.968 bits per heavy atom. The molecule has 2 aromatic carbocycles. The Balaban J connectivity index is 1.35. The topological polar surface area (TPSA) is 66.5 Å². The largest absolute Gasteiger partial charge is 0.382 e. The average Bonchev–Trinajstić information content (AvgIpc) is 3.35. The van der Waals surface area contributed by atoms with Crippen LogP contribution in [-0.2, 0) is 4.74 Å². The SMILES string of the molecule is O=C(Nc1ccc(NC2CCOCC2)cc1)c1cc2ccccc2nc1N1CCCC1. The number of rotatable bonds is 5. The van der Waals surface area contributed by atoms with E-state index in [1.807, 2.05) is 54.6 Å². The van der Waals surface area contributed by atoms with Gasteiger partial charge in [-0.25, -0.2) is 4.98 Å². The maximum absolute atomic E-state index is 13.2. The Hall–Kier alpha value is -3.12. The number of benzene rings is 2. The quantitative estimate of drug-likeness (QED) is 0.632. The first-order chi connectivity index (χ1) is 15.3. The van der Waals surface area contributed by atoms with E-state index in [2.05, 4.69) is 15.5 Å². The van der Waals surface area contributed by atoms with Crippen LogP contribution in [0.1, 0.15) is 36.0 Å². The van der Waals surface area contributed by atoms with Gasteiger partial charge in [0.1, 0.15) is 5.82 Å². The van der Waals surface area contributed by atoms with Gasteiger partial charge in [0.25, 0.3) is 5.91 Å². The second-order valence-electron chi connectivity index (χ2n) is 8.31. The van der Waals surface area contributed by atoms with E-state index in [-0.39, 0.29) is 5.91 Å². The zero-order valence-corrected chi connectivity index (χ0v) is 17.6. The van der Waals surface area contributed by atoms with Crippen molar-refractivity contribution in [2.24, 2.45) is 0 Å². The molecule has 31 heavy (non-hydrogen) atoms. The number of carbonyl (C=O) groups excluding carboxylic acids is 1. The second-order valence-corrected chi connectivity index (χ2v) is 8.31. The van der Waals surface area contributed by atoms with Crippen LogP contribution in [-0.4, -0.2) is 43.2 Å². The molecule has 5 rings (SSSR count). The van der Waals surface area contributed by atoms with Crippen LogP contribution in [0.25, 0.3) is 10.9 Å². The van der Waals surface area contributed by atoms with E-state index in [1.54, 1.807) is 0 Å². The highest BCUT2D eigenvalue weighted by molar-refractivity contribution is 6.09. The monoisotopic (exact) mass is 416 g/mol. The van der Waals surface area contributed by atoms with Gasteiger partial charge >= 0.3 is 0 Å². The van der Waals surface area contributed by atoms with Gasteiger partial charge in [0.05, 0.1) is 11.1 Å². The molecule has 0 saturated carbocycles. The van der Waals surface area contributed by atoms with Crippen LogP contribution < -0.4 is 15.5 Å². The number of nitrogens with one attached hydrogen (secondary N) is 2. The predicted molar refractivity (Wildman–Crippen MR) is 125 cm³/mol. The molecule has 1 aromatic heterocycles. The number of amides is 1. The third kappa shape index (κ3) is 4.49. The molecule has 0 spiro atoms. The molecule has 2 aliphatic rings. The van der Waals surface area contributed by atoms with Gasteiger partial charge in [-0.05, 0) is 62.1 Å². The first-order valence-corrected chi connectivity index (χ1v) is 11.2. The summed E-state index contributed by atoms with van der Waals surface area (Å²) in [4.78, 5) is 20.3. The summed E-state index contributed by atoms with van der Waals surface area (Å²) in [6, 6.07) is 18.3. The lowest BCUT2D eigenvalue weighted by molar-refractivity contribution is 0.0904. The van der Waals surface area contributed by atoms with Gasteiger partial charge in [-0.2, -0.15) is 0 Å². The lowest BCUT2D eigenvalue weighted by Gasteiger charge is -2.24. The van der Waals surface area contributed by atoms with E-state index in [4.69, 9.17) is 9.72 Å². The fourth-order valence-corrected chi connectivity index (χ4v) is 4.37. The molecule has 3 heterocycles. The number of hydrogen-bond acceptors (Lipinski definition) is 5. The number of carbonyl (C=O) groups is 1. The molecular weight excluding hydrogens is 388 g/mol. The van der Waals surface area contributed by atoms with Crippen molar-refractivity contribution in [2.75, 3.05) is 41.8 Å². The van der Waals surface area contributed by atoms with Crippen molar-refractivity contribution in [3.8, 4) is 0 Å². The van der Waals surface area contributed by atoms with Crippen molar-refractivity contribution in [3.05, 3.63) is 60.2 Å². The molecule has 2 N–H and O–H groups in total. The minimum absolute atomic E-state index is 0.120. The van der Waals surface area contributed by atoms with E-state index >= 15 is 0 Å². The maximum atomic E-state index is 13.2. The maximum Gasteiger partial charge on any atom is 0.259 e. The van der Waals surface area contributed by atoms with Gasteiger partial charge < -0.3 is 20.3 Å². The van der Waals surface area contributed by atoms with Crippen molar-refractivity contribution in [2.45, 2.75) is 31.7 Å². The summed E-state index contributed by atoms with van der Waals surface area (Å²) in [5.74, 6) is 0.664. The van der Waals surface area contributed by atoms with Gasteiger partial charge in [-0.15, -0.1) is 0 Å². The van der Waals surface area contributed by atoms with Crippen LogP contribution >= 0.6 is 0 Å². The van der Waals surface area contributed by atoms with Gasteiger partial charge in [0.15, 0.2) is 0 Å². The molecule has 0 unspecified atom stereocenters. The van der Waals surface area contributed by atoms with E-state index < -0.39 is 0 Å². The molecule has 6 nitrogen and oxygen atoms in total. The van der Waals surface area contributed by atoms with E-state index in [9.17, 15) is 4.79 Å². The molecule has 2 fully saturated rings. The number of anilines is 3. The molecule has 3 aromatic rings. The summed E-state index contributed by atoms with van der Waals surface area (Å²) in [6.07, 6.45) is 4.31. The molecule has 2 aliphatic heterocycles. The Morgan fingerprint density at radius 2 is 1.68 bits per heavy atom. The zero-order chi connectivity index (χ0) is 21.0. The van der Waals surface area contributed by atoms with Crippen molar-refractivity contribution in [1.82, 2.24) is 4.98 Å². The van der Waals surface area contributed by atoms with E-state index in [0.717, 1.165) is 80.1 Å². The molecule has 2 saturated heterocycles. The first kappa shape index (κ1) is 19.8. The second kappa shape index (κ2) is 8.94. The fourth-order valence-electron chi connectivity index (χ4n) is 4.37. The lowest BCUT2D eigenvalue weighted by Crippen LogP contribution is -2.27. The fraction of sp³-hybridized carbons (Fsp3) is 0.360. The Bertz CT molecular complexity index is 1050. The van der Waals surface area contributed by atoms with Crippen molar-refractivity contribution in [3.63, 3.8) is 0 Å². The van der Waals surface area contributed by atoms with Crippen LogP contribution in [0.15, 0.2) is 54.6 Å². The summed E-state index contributed by atoms with van der Waals surface area (Å²) in [5.41, 5.74) is 3.40. The number of aromatic nitrogens is 1. The summed E-state index contributed by atoms with van der Waals surface area (Å²) < 4.78 is 5.42. The highest BCUT2D eigenvalue weighted by Crippen LogP contribution is 2.27. The number of hydrogen-bond donors (Lipinski definition) is 2. The smallest absolute Gasteiger partial charge is 0.259 e. The van der Waals surface area contributed by atoms with Crippen molar-refractivity contribution >= 4 is 34.0 Å². The summed E-state index contributed by atoms with van der Waals surface area (Å²) in [5, 5.41) is 7.59. The van der Waals surface area contributed by atoms with Gasteiger partial charge in [0.2, 0.25) is 0 Å². The molecule has 0 atom stereocenters. The Labute approximate surface area is 182 Å². The minimum Gasteiger partial charge on any atom is -0.382 e. The number of para-hydroxylation sites is 1. The van der Waals surface area contributed by atoms with Crippen molar-refractivity contribution in [1.29, 1.82) is 0 Å². The molecular formula is C25H28N4O2. The molecule has 0 radical (unpaired) electrons. The summed E-state index contributed by atoms with van der Waals surface area (Å²) >= 11 is 0. The molecule has 0 bridgehead atoms. The number of pyridine rings is 1. The number of fused-ring (bicyclic) bond motifs is 1. The van der Waals surface area contributed by atoms with Crippen LogP contribution in [0, 0.1) is 0 Å². The van der Waals surface area contributed by atoms with Crippen LogP contribution in [0.2, 0.25) is 0 Å². The summed E-state index contributed by atoms with van der Waals surface area (Å²) in [6.45, 7) is 3.51. The van der Waals surface area contributed by atoms with E-state index in [1.165, 1.54) is 0 Å².